The minimum atomic E-state index is -0.119. The number of amides is 1. The van der Waals surface area contributed by atoms with E-state index in [-0.39, 0.29) is 11.5 Å². The summed E-state index contributed by atoms with van der Waals surface area (Å²) in [5.74, 6) is 2.06. The molecule has 1 unspecified atom stereocenters. The average molecular weight is 322 g/mol. The van der Waals surface area contributed by atoms with Gasteiger partial charge in [0.2, 0.25) is 5.91 Å². The Kier molecular flexibility index (Phi) is 4.88. The van der Waals surface area contributed by atoms with Crippen LogP contribution in [0.15, 0.2) is 24.5 Å². The highest BCUT2D eigenvalue weighted by atomic mass is 32.2. The van der Waals surface area contributed by atoms with E-state index in [0.29, 0.717) is 18.3 Å². The van der Waals surface area contributed by atoms with Crippen molar-refractivity contribution in [2.75, 3.05) is 38.3 Å². The molecular weight excluding hydrogens is 300 g/mol. The molecular formula is C16H22N2O3S. The Labute approximate surface area is 135 Å². The van der Waals surface area contributed by atoms with E-state index in [0.717, 1.165) is 38.3 Å². The summed E-state index contributed by atoms with van der Waals surface area (Å²) in [5.41, 5.74) is -0.119. The van der Waals surface area contributed by atoms with Crippen molar-refractivity contribution in [3.05, 3.63) is 24.5 Å². The van der Waals surface area contributed by atoms with Gasteiger partial charge in [0.15, 0.2) is 0 Å². The van der Waals surface area contributed by atoms with E-state index in [1.165, 1.54) is 0 Å². The van der Waals surface area contributed by atoms with Crippen LogP contribution in [0.4, 0.5) is 0 Å². The molecule has 120 valence electrons. The molecule has 5 nitrogen and oxygen atoms in total. The molecule has 2 saturated heterocycles. The van der Waals surface area contributed by atoms with Gasteiger partial charge in [-0.05, 0) is 37.1 Å². The fourth-order valence-electron chi connectivity index (χ4n) is 3.28. The molecule has 6 heteroatoms. The third kappa shape index (κ3) is 3.22. The molecule has 0 bridgehead atoms. The van der Waals surface area contributed by atoms with E-state index in [2.05, 4.69) is 4.98 Å². The molecule has 2 fully saturated rings. The summed E-state index contributed by atoms with van der Waals surface area (Å²) >= 11 is 1.57. The number of thioether (sulfide) groups is 1. The first-order valence-electron chi connectivity index (χ1n) is 7.67. The molecule has 2 aliphatic rings. The second kappa shape index (κ2) is 6.87. The maximum Gasteiger partial charge on any atom is 0.232 e. The van der Waals surface area contributed by atoms with E-state index in [4.69, 9.17) is 9.47 Å². The topological polar surface area (TPSA) is 51.7 Å². The van der Waals surface area contributed by atoms with Crippen LogP contribution < -0.4 is 4.74 Å². The Morgan fingerprint density at radius 2 is 2.45 bits per heavy atom. The lowest BCUT2D eigenvalue weighted by atomic mass is 9.79. The van der Waals surface area contributed by atoms with Gasteiger partial charge in [0.05, 0.1) is 31.6 Å². The standard InChI is InChI=1S/C16H22N2O3S/c1-22-10-15(19)18-11-16(12-18)13(5-8-21-16)4-7-20-14-3-2-6-17-9-14/h2-3,6,9,13H,4-5,7-8,10-12H2,1H3. The first-order valence-corrected chi connectivity index (χ1v) is 9.06. The summed E-state index contributed by atoms with van der Waals surface area (Å²) < 4.78 is 11.7. The van der Waals surface area contributed by atoms with Gasteiger partial charge in [-0.15, -0.1) is 0 Å². The van der Waals surface area contributed by atoms with Gasteiger partial charge in [-0.1, -0.05) is 0 Å². The summed E-state index contributed by atoms with van der Waals surface area (Å²) in [5, 5.41) is 0. The fraction of sp³-hybridized carbons (Fsp3) is 0.625. The SMILES string of the molecule is CSCC(=O)N1CC2(C1)OCCC2CCOc1cccnc1. The van der Waals surface area contributed by atoms with Crippen LogP contribution in [0.25, 0.3) is 0 Å². The van der Waals surface area contributed by atoms with E-state index in [1.54, 1.807) is 24.2 Å². The Morgan fingerprint density at radius 1 is 1.59 bits per heavy atom. The van der Waals surface area contributed by atoms with Crippen molar-refractivity contribution >= 4 is 17.7 Å². The number of aromatic nitrogens is 1. The van der Waals surface area contributed by atoms with Crippen LogP contribution in [0.3, 0.4) is 0 Å². The third-order valence-corrected chi connectivity index (χ3v) is 5.04. The second-order valence-electron chi connectivity index (χ2n) is 5.91. The molecule has 0 saturated carbocycles. The third-order valence-electron chi connectivity index (χ3n) is 4.51. The number of hydrogen-bond donors (Lipinski definition) is 0. The van der Waals surface area contributed by atoms with Crippen molar-refractivity contribution in [3.63, 3.8) is 0 Å². The number of carbonyl (C=O) groups is 1. The quantitative estimate of drug-likeness (QED) is 0.800. The molecule has 3 heterocycles. The van der Waals surface area contributed by atoms with Gasteiger partial charge in [-0.25, -0.2) is 0 Å². The predicted octanol–water partition coefficient (Wildman–Crippen LogP) is 1.83. The molecule has 0 aromatic carbocycles. The lowest BCUT2D eigenvalue weighted by molar-refractivity contribution is -0.163. The minimum Gasteiger partial charge on any atom is -0.492 e. The monoisotopic (exact) mass is 322 g/mol. The zero-order valence-electron chi connectivity index (χ0n) is 12.9. The van der Waals surface area contributed by atoms with Crippen molar-refractivity contribution in [1.29, 1.82) is 0 Å². The lowest BCUT2D eigenvalue weighted by Gasteiger charge is -2.50. The number of nitrogens with zero attached hydrogens (tertiary/aromatic N) is 2. The molecule has 1 amide bonds. The highest BCUT2D eigenvalue weighted by Gasteiger charge is 2.53. The van der Waals surface area contributed by atoms with Crippen LogP contribution in [-0.2, 0) is 9.53 Å². The van der Waals surface area contributed by atoms with Gasteiger partial charge in [0, 0.05) is 12.8 Å². The van der Waals surface area contributed by atoms with E-state index >= 15 is 0 Å². The normalized spacial score (nSPS) is 22.6. The van der Waals surface area contributed by atoms with Crippen LogP contribution >= 0.6 is 11.8 Å². The van der Waals surface area contributed by atoms with Gasteiger partial charge >= 0.3 is 0 Å². The molecule has 1 aromatic rings. The van der Waals surface area contributed by atoms with Crippen LogP contribution in [0.2, 0.25) is 0 Å². The van der Waals surface area contributed by atoms with Crippen LogP contribution in [0.5, 0.6) is 5.75 Å². The summed E-state index contributed by atoms with van der Waals surface area (Å²) in [6, 6.07) is 3.79. The van der Waals surface area contributed by atoms with Crippen LogP contribution in [-0.4, -0.2) is 59.7 Å². The van der Waals surface area contributed by atoms with Gasteiger partial charge in [0.1, 0.15) is 11.4 Å². The predicted molar refractivity (Wildman–Crippen MR) is 86.1 cm³/mol. The molecule has 0 aliphatic carbocycles. The smallest absolute Gasteiger partial charge is 0.232 e. The van der Waals surface area contributed by atoms with Gasteiger partial charge in [-0.3, -0.25) is 9.78 Å². The maximum absolute atomic E-state index is 11.9. The number of ether oxygens (including phenoxy) is 2. The maximum atomic E-state index is 11.9. The fourth-order valence-corrected chi connectivity index (χ4v) is 3.71. The summed E-state index contributed by atoms with van der Waals surface area (Å²) in [4.78, 5) is 17.8. The molecule has 0 N–H and O–H groups in total. The molecule has 22 heavy (non-hydrogen) atoms. The zero-order chi connectivity index (χ0) is 15.4. The second-order valence-corrected chi connectivity index (χ2v) is 6.77. The molecule has 1 spiro atoms. The first-order chi connectivity index (χ1) is 10.7. The van der Waals surface area contributed by atoms with E-state index in [9.17, 15) is 4.79 Å². The lowest BCUT2D eigenvalue weighted by Crippen LogP contribution is -2.66. The van der Waals surface area contributed by atoms with Crippen molar-refractivity contribution in [2.45, 2.75) is 18.4 Å². The summed E-state index contributed by atoms with van der Waals surface area (Å²) in [6.45, 7) is 2.94. The van der Waals surface area contributed by atoms with Gasteiger partial charge in [0.25, 0.3) is 0 Å². The molecule has 1 aromatic heterocycles. The number of pyridine rings is 1. The van der Waals surface area contributed by atoms with Gasteiger partial charge < -0.3 is 14.4 Å². The minimum absolute atomic E-state index is 0.119. The summed E-state index contributed by atoms with van der Waals surface area (Å²) in [6.07, 6.45) is 7.44. The Morgan fingerprint density at radius 3 is 3.18 bits per heavy atom. The van der Waals surface area contributed by atoms with E-state index in [1.807, 2.05) is 23.3 Å². The molecule has 0 radical (unpaired) electrons. The average Bonchev–Trinajstić information content (AvgIpc) is 2.91. The highest BCUT2D eigenvalue weighted by molar-refractivity contribution is 7.99. The Balaban J connectivity index is 1.47. The van der Waals surface area contributed by atoms with Crippen molar-refractivity contribution in [3.8, 4) is 5.75 Å². The van der Waals surface area contributed by atoms with E-state index < -0.39 is 0 Å². The highest BCUT2D eigenvalue weighted by Crippen LogP contribution is 2.41. The first kappa shape index (κ1) is 15.6. The largest absolute Gasteiger partial charge is 0.492 e. The molecule has 1 atom stereocenters. The van der Waals surface area contributed by atoms with Gasteiger partial charge in [-0.2, -0.15) is 11.8 Å². The van der Waals surface area contributed by atoms with Crippen molar-refractivity contribution in [2.24, 2.45) is 5.92 Å². The molecule has 3 rings (SSSR count). The number of hydrogen-bond acceptors (Lipinski definition) is 5. The number of likely N-dealkylation sites (tertiary alicyclic amines) is 1. The number of carbonyl (C=O) groups excluding carboxylic acids is 1. The Hall–Kier alpha value is -1.27. The number of rotatable bonds is 6. The van der Waals surface area contributed by atoms with Crippen LogP contribution in [0.1, 0.15) is 12.8 Å². The van der Waals surface area contributed by atoms with Crippen LogP contribution in [0, 0.1) is 5.92 Å². The molecule has 2 aliphatic heterocycles. The van der Waals surface area contributed by atoms with Crippen molar-refractivity contribution < 1.29 is 14.3 Å². The zero-order valence-corrected chi connectivity index (χ0v) is 13.7. The Bertz CT molecular complexity index is 505. The summed E-state index contributed by atoms with van der Waals surface area (Å²) in [7, 11) is 0. The van der Waals surface area contributed by atoms with Crippen molar-refractivity contribution in [1.82, 2.24) is 9.88 Å².